The van der Waals surface area contributed by atoms with Crippen molar-refractivity contribution in [3.05, 3.63) is 46.1 Å². The van der Waals surface area contributed by atoms with E-state index in [1.54, 1.807) is 6.33 Å². The number of hydrogen-bond acceptors (Lipinski definition) is 7. The lowest BCUT2D eigenvalue weighted by Crippen LogP contribution is -2.48. The zero-order valence-electron chi connectivity index (χ0n) is 15.6. The van der Waals surface area contributed by atoms with E-state index in [1.807, 2.05) is 22.8 Å². The Kier molecular flexibility index (Phi) is 4.72. The van der Waals surface area contributed by atoms with Crippen LogP contribution in [0.5, 0.6) is 0 Å². The topological polar surface area (TPSA) is 116 Å². The molecule has 152 valence electrons. The Bertz CT molecular complexity index is 1060. The Hall–Kier alpha value is -1.82. The van der Waals surface area contributed by atoms with E-state index >= 15 is 0 Å². The maximum Gasteiger partial charge on any atom is 0.165 e. The molecule has 1 aromatic carbocycles. The van der Waals surface area contributed by atoms with Gasteiger partial charge in [-0.2, -0.15) is 0 Å². The summed E-state index contributed by atoms with van der Waals surface area (Å²) in [4.78, 5) is 13.2. The van der Waals surface area contributed by atoms with Crippen molar-refractivity contribution in [3.8, 4) is 0 Å². The van der Waals surface area contributed by atoms with Crippen molar-refractivity contribution < 1.29 is 15.3 Å². The fraction of sp³-hybridized carbons (Fsp3) is 0.450. The van der Waals surface area contributed by atoms with Gasteiger partial charge in [-0.05, 0) is 59.0 Å². The third-order valence-corrected chi connectivity index (χ3v) is 7.33. The van der Waals surface area contributed by atoms with Crippen molar-refractivity contribution in [3.63, 3.8) is 0 Å². The quantitative estimate of drug-likeness (QED) is 0.389. The monoisotopic (exact) mass is 507 g/mol. The van der Waals surface area contributed by atoms with Crippen LogP contribution in [0.3, 0.4) is 0 Å². The average molecular weight is 507 g/mol. The smallest absolute Gasteiger partial charge is 0.165 e. The number of aliphatic hydroxyl groups excluding tert-OH is 3. The second kappa shape index (κ2) is 7.15. The molecule has 0 saturated heterocycles. The highest BCUT2D eigenvalue weighted by molar-refractivity contribution is 14.1. The van der Waals surface area contributed by atoms with Crippen molar-refractivity contribution in [1.29, 1.82) is 0 Å². The molecule has 0 amide bonds. The van der Waals surface area contributed by atoms with Crippen molar-refractivity contribution in [2.45, 2.75) is 37.6 Å². The van der Waals surface area contributed by atoms with Gasteiger partial charge in [0.25, 0.3) is 0 Å². The van der Waals surface area contributed by atoms with E-state index in [0.717, 1.165) is 12.0 Å². The lowest BCUT2D eigenvalue weighted by Gasteiger charge is -2.46. The number of halogens is 1. The summed E-state index contributed by atoms with van der Waals surface area (Å²) in [5.74, 6) is 0.621. The Morgan fingerprint density at radius 2 is 2.10 bits per heavy atom. The molecule has 2 saturated carbocycles. The number of fused-ring (bicyclic) bond motifs is 2. The molecule has 29 heavy (non-hydrogen) atoms. The minimum Gasteiger partial charge on any atom is -0.396 e. The molecule has 3 aromatic rings. The number of benzene rings is 1. The molecule has 0 spiro atoms. The van der Waals surface area contributed by atoms with E-state index in [9.17, 15) is 15.3 Å². The summed E-state index contributed by atoms with van der Waals surface area (Å²) < 4.78 is 3.00. The summed E-state index contributed by atoms with van der Waals surface area (Å²) in [7, 11) is 0. The molecule has 5 atom stereocenters. The second-order valence-electron chi connectivity index (χ2n) is 7.99. The van der Waals surface area contributed by atoms with Crippen LogP contribution in [0.2, 0.25) is 0 Å². The molecule has 0 radical (unpaired) electrons. The van der Waals surface area contributed by atoms with Crippen LogP contribution in [-0.4, -0.2) is 53.7 Å². The Balaban J connectivity index is 1.46. The van der Waals surface area contributed by atoms with Gasteiger partial charge in [0.2, 0.25) is 0 Å². The molecule has 0 aliphatic heterocycles. The minimum absolute atomic E-state index is 0.00679. The average Bonchev–Trinajstić information content (AvgIpc) is 3.19. The predicted octanol–water partition coefficient (Wildman–Crippen LogP) is 1.71. The highest BCUT2D eigenvalue weighted by Crippen LogP contribution is 2.61. The maximum atomic E-state index is 10.7. The third kappa shape index (κ3) is 2.86. The van der Waals surface area contributed by atoms with Crippen molar-refractivity contribution in [1.82, 2.24) is 19.5 Å². The van der Waals surface area contributed by atoms with Gasteiger partial charge < -0.3 is 25.2 Å². The van der Waals surface area contributed by atoms with Crippen LogP contribution in [0.1, 0.15) is 24.4 Å². The normalized spacial score (nSPS) is 30.9. The van der Waals surface area contributed by atoms with Crippen molar-refractivity contribution >= 4 is 39.6 Å². The molecule has 4 N–H and O–H groups in total. The van der Waals surface area contributed by atoms with E-state index in [2.05, 4.69) is 48.9 Å². The standard InChI is InChI=1S/C20H22IN5O3/c21-12-3-1-2-11(6-12)7-22-18-14-19(24-9-23-18)26(10-25-14)15-13-4-5-20(13,8-27)17(29)16(15)28/h1-3,6,9-10,13,15-17,27-29H,4-5,7-8H2,(H,22,23,24)/t13-,15-,16+,17+,20+/m1/s1. The molecular formula is C20H22IN5O3. The number of rotatable bonds is 5. The molecule has 9 heteroatoms. The van der Waals surface area contributed by atoms with Gasteiger partial charge in [-0.25, -0.2) is 15.0 Å². The van der Waals surface area contributed by atoms with Crippen LogP contribution in [-0.2, 0) is 6.54 Å². The number of anilines is 1. The van der Waals surface area contributed by atoms with E-state index in [4.69, 9.17) is 0 Å². The van der Waals surface area contributed by atoms with Gasteiger partial charge in [-0.1, -0.05) is 12.1 Å². The van der Waals surface area contributed by atoms with Crippen LogP contribution < -0.4 is 5.32 Å². The van der Waals surface area contributed by atoms with E-state index < -0.39 is 17.6 Å². The third-order valence-electron chi connectivity index (χ3n) is 6.66. The first-order valence-corrected chi connectivity index (χ1v) is 10.8. The zero-order chi connectivity index (χ0) is 20.2. The lowest BCUT2D eigenvalue weighted by molar-refractivity contribution is -0.0989. The molecule has 0 unspecified atom stereocenters. The van der Waals surface area contributed by atoms with Gasteiger partial charge in [0.15, 0.2) is 11.5 Å². The summed E-state index contributed by atoms with van der Waals surface area (Å²) in [5, 5.41) is 34.5. The highest BCUT2D eigenvalue weighted by atomic mass is 127. The highest BCUT2D eigenvalue weighted by Gasteiger charge is 2.64. The maximum absolute atomic E-state index is 10.7. The Morgan fingerprint density at radius 1 is 1.24 bits per heavy atom. The first-order valence-electron chi connectivity index (χ1n) is 9.68. The van der Waals surface area contributed by atoms with Crippen LogP contribution in [0.25, 0.3) is 11.2 Å². The SMILES string of the molecule is OC[C@@]12CC[C@@H]1[C@@H](n1cnc3c(NCc4cccc(I)c4)ncnc31)[C@H](O)[C@@H]2O. The number of imidazole rings is 1. The first-order chi connectivity index (χ1) is 14.0. The van der Waals surface area contributed by atoms with Crippen molar-refractivity contribution in [2.24, 2.45) is 11.3 Å². The van der Waals surface area contributed by atoms with Gasteiger partial charge in [0.05, 0.1) is 25.1 Å². The zero-order valence-corrected chi connectivity index (χ0v) is 17.8. The Morgan fingerprint density at radius 3 is 2.79 bits per heavy atom. The summed E-state index contributed by atoms with van der Waals surface area (Å²) in [6.45, 7) is 0.480. The molecule has 2 aromatic heterocycles. The van der Waals surface area contributed by atoms with Gasteiger partial charge >= 0.3 is 0 Å². The molecular weight excluding hydrogens is 485 g/mol. The molecule has 2 aliphatic carbocycles. The number of hydrogen-bond donors (Lipinski definition) is 4. The fourth-order valence-corrected chi connectivity index (χ4v) is 5.61. The van der Waals surface area contributed by atoms with Gasteiger partial charge in [0, 0.05) is 15.5 Å². The van der Waals surface area contributed by atoms with E-state index in [1.165, 1.54) is 9.90 Å². The number of nitrogens with one attached hydrogen (secondary N) is 1. The van der Waals surface area contributed by atoms with Gasteiger partial charge in [-0.15, -0.1) is 0 Å². The molecule has 5 rings (SSSR count). The molecule has 2 heterocycles. The number of nitrogens with zero attached hydrogens (tertiary/aromatic N) is 4. The summed E-state index contributed by atoms with van der Waals surface area (Å²) in [6, 6.07) is 7.85. The molecule has 2 fully saturated rings. The van der Waals surface area contributed by atoms with Crippen LogP contribution >= 0.6 is 22.6 Å². The van der Waals surface area contributed by atoms with Gasteiger partial charge in [0.1, 0.15) is 17.9 Å². The molecule has 2 aliphatic rings. The largest absolute Gasteiger partial charge is 0.396 e. The summed E-state index contributed by atoms with van der Waals surface area (Å²) >= 11 is 2.28. The van der Waals surface area contributed by atoms with Gasteiger partial charge in [-0.3, -0.25) is 0 Å². The first kappa shape index (κ1) is 19.2. The molecule has 8 nitrogen and oxygen atoms in total. The minimum atomic E-state index is -0.968. The lowest BCUT2D eigenvalue weighted by atomic mass is 9.60. The van der Waals surface area contributed by atoms with Crippen LogP contribution in [0, 0.1) is 14.9 Å². The fourth-order valence-electron chi connectivity index (χ4n) is 5.01. The second-order valence-corrected chi connectivity index (χ2v) is 9.24. The van der Waals surface area contributed by atoms with Crippen LogP contribution in [0.15, 0.2) is 36.9 Å². The predicted molar refractivity (Wildman–Crippen MR) is 115 cm³/mol. The Labute approximate surface area is 181 Å². The van der Waals surface area contributed by atoms with Crippen LogP contribution in [0.4, 0.5) is 5.82 Å². The van der Waals surface area contributed by atoms with E-state index in [0.29, 0.717) is 29.9 Å². The summed E-state index contributed by atoms with van der Waals surface area (Å²) in [6.07, 6.45) is 2.78. The van der Waals surface area contributed by atoms with E-state index in [-0.39, 0.29) is 18.6 Å². The number of aliphatic hydroxyl groups is 3. The van der Waals surface area contributed by atoms with Crippen molar-refractivity contribution in [2.75, 3.05) is 11.9 Å². The molecule has 0 bridgehead atoms. The summed E-state index contributed by atoms with van der Waals surface area (Å²) in [5.41, 5.74) is 1.75. The number of aromatic nitrogens is 4.